The Labute approximate surface area is 227 Å². The van der Waals surface area contributed by atoms with Gasteiger partial charge in [0, 0.05) is 31.6 Å². The third kappa shape index (κ3) is 6.90. The van der Waals surface area contributed by atoms with Crippen molar-refractivity contribution >= 4 is 40.9 Å². The molecule has 2 aromatic carbocycles. The Morgan fingerprint density at radius 3 is 2.51 bits per heavy atom. The SMILES string of the molecule is N[C@@H]1C[C@H]2C(=O)N([C@H](CC(=O)O)C(=O)CCc3ccc(Cl)c(Cl)c3)CCC(CCc3ccccc3)N2C1. The predicted molar refractivity (Wildman–Crippen MR) is 144 cm³/mol. The first-order valence-electron chi connectivity index (χ1n) is 12.8. The molecule has 0 saturated carbocycles. The molecular formula is C28H33Cl2N3O4. The number of carbonyl (C=O) groups excluding carboxylic acids is 2. The number of hydrogen-bond acceptors (Lipinski definition) is 5. The number of rotatable bonds is 10. The molecule has 4 atom stereocenters. The van der Waals surface area contributed by atoms with Crippen LogP contribution in [0.1, 0.15) is 43.2 Å². The van der Waals surface area contributed by atoms with E-state index in [9.17, 15) is 19.5 Å². The van der Waals surface area contributed by atoms with E-state index in [2.05, 4.69) is 17.0 Å². The van der Waals surface area contributed by atoms with Crippen LogP contribution in [0.25, 0.3) is 0 Å². The van der Waals surface area contributed by atoms with Crippen molar-refractivity contribution in [3.63, 3.8) is 0 Å². The maximum atomic E-state index is 13.7. The van der Waals surface area contributed by atoms with Crippen LogP contribution in [0, 0.1) is 0 Å². The topological polar surface area (TPSA) is 104 Å². The molecule has 37 heavy (non-hydrogen) atoms. The van der Waals surface area contributed by atoms with Gasteiger partial charge in [0.1, 0.15) is 6.04 Å². The number of Topliss-reactive ketones (excluding diaryl/α,β-unsaturated/α-hetero) is 1. The molecule has 7 nitrogen and oxygen atoms in total. The third-order valence-electron chi connectivity index (χ3n) is 7.48. The minimum atomic E-state index is -1.11. The molecule has 2 aliphatic rings. The first-order valence-corrected chi connectivity index (χ1v) is 13.5. The molecule has 1 amide bonds. The molecule has 3 N–H and O–H groups in total. The van der Waals surface area contributed by atoms with Crippen LogP contribution in [0.3, 0.4) is 0 Å². The van der Waals surface area contributed by atoms with Crippen LogP contribution in [0.15, 0.2) is 48.5 Å². The molecule has 0 bridgehead atoms. The second kappa shape index (κ2) is 12.4. The highest BCUT2D eigenvalue weighted by molar-refractivity contribution is 6.42. The van der Waals surface area contributed by atoms with Crippen molar-refractivity contribution in [2.45, 2.75) is 69.1 Å². The molecule has 2 aromatic rings. The van der Waals surface area contributed by atoms with Crippen molar-refractivity contribution in [3.05, 3.63) is 69.7 Å². The van der Waals surface area contributed by atoms with Gasteiger partial charge in [-0.2, -0.15) is 0 Å². The molecule has 4 rings (SSSR count). The molecule has 2 aliphatic heterocycles. The largest absolute Gasteiger partial charge is 0.481 e. The molecule has 0 aliphatic carbocycles. The monoisotopic (exact) mass is 545 g/mol. The van der Waals surface area contributed by atoms with E-state index in [-0.39, 0.29) is 30.2 Å². The summed E-state index contributed by atoms with van der Waals surface area (Å²) in [5.74, 6) is -1.56. The van der Waals surface area contributed by atoms with E-state index in [0.717, 1.165) is 18.4 Å². The van der Waals surface area contributed by atoms with Crippen LogP contribution < -0.4 is 5.73 Å². The van der Waals surface area contributed by atoms with Crippen LogP contribution >= 0.6 is 23.2 Å². The highest BCUT2D eigenvalue weighted by Crippen LogP contribution is 2.30. The summed E-state index contributed by atoms with van der Waals surface area (Å²) in [5, 5.41) is 10.4. The van der Waals surface area contributed by atoms with Gasteiger partial charge in [-0.3, -0.25) is 19.3 Å². The molecule has 2 saturated heterocycles. The first kappa shape index (κ1) is 27.6. The average Bonchev–Trinajstić information content (AvgIpc) is 3.22. The molecule has 2 heterocycles. The second-order valence-corrected chi connectivity index (χ2v) is 10.8. The summed E-state index contributed by atoms with van der Waals surface area (Å²) in [5.41, 5.74) is 8.34. The highest BCUT2D eigenvalue weighted by atomic mass is 35.5. The van der Waals surface area contributed by atoms with Gasteiger partial charge in [-0.05, 0) is 55.4 Å². The molecule has 2 fully saturated rings. The van der Waals surface area contributed by atoms with Gasteiger partial charge >= 0.3 is 5.97 Å². The Hall–Kier alpha value is -2.45. The second-order valence-electron chi connectivity index (χ2n) is 10.0. The summed E-state index contributed by atoms with van der Waals surface area (Å²) in [6, 6.07) is 13.9. The molecule has 0 radical (unpaired) electrons. The number of aryl methyl sites for hydroxylation is 2. The summed E-state index contributed by atoms with van der Waals surface area (Å²) < 4.78 is 0. The number of carbonyl (C=O) groups is 3. The maximum Gasteiger partial charge on any atom is 0.305 e. The molecule has 0 aromatic heterocycles. The lowest BCUT2D eigenvalue weighted by molar-refractivity contribution is -0.147. The Balaban J connectivity index is 1.50. The van der Waals surface area contributed by atoms with E-state index in [1.54, 1.807) is 18.2 Å². The molecule has 198 valence electrons. The highest BCUT2D eigenvalue weighted by Gasteiger charge is 2.45. The van der Waals surface area contributed by atoms with Crippen molar-refractivity contribution in [1.29, 1.82) is 0 Å². The van der Waals surface area contributed by atoms with Crippen molar-refractivity contribution in [2.24, 2.45) is 5.73 Å². The number of nitrogens with zero attached hydrogens (tertiary/aromatic N) is 2. The summed E-state index contributed by atoms with van der Waals surface area (Å²) in [6.07, 6.45) is 2.98. The number of nitrogens with two attached hydrogens (primary N) is 1. The minimum absolute atomic E-state index is 0.102. The quantitative estimate of drug-likeness (QED) is 0.468. The van der Waals surface area contributed by atoms with Gasteiger partial charge in [0.25, 0.3) is 0 Å². The molecule has 9 heteroatoms. The van der Waals surface area contributed by atoms with Gasteiger partial charge in [-0.25, -0.2) is 0 Å². The Morgan fingerprint density at radius 2 is 1.81 bits per heavy atom. The van der Waals surface area contributed by atoms with Gasteiger partial charge in [0.15, 0.2) is 5.78 Å². The van der Waals surface area contributed by atoms with E-state index in [4.69, 9.17) is 28.9 Å². The first-order chi connectivity index (χ1) is 17.7. The fraction of sp³-hybridized carbons (Fsp3) is 0.464. The van der Waals surface area contributed by atoms with Crippen molar-refractivity contribution in [3.8, 4) is 0 Å². The van der Waals surface area contributed by atoms with Gasteiger partial charge in [-0.1, -0.05) is 59.6 Å². The number of carboxylic acids is 1. The van der Waals surface area contributed by atoms with Gasteiger partial charge < -0.3 is 15.7 Å². The number of ketones is 1. The van der Waals surface area contributed by atoms with Gasteiger partial charge in [0.2, 0.25) is 5.91 Å². The summed E-state index contributed by atoms with van der Waals surface area (Å²) in [7, 11) is 0. The van der Waals surface area contributed by atoms with E-state index in [1.165, 1.54) is 10.5 Å². The Kier molecular flexibility index (Phi) is 9.24. The molecular weight excluding hydrogens is 513 g/mol. The lowest BCUT2D eigenvalue weighted by atomic mass is 9.98. The minimum Gasteiger partial charge on any atom is -0.481 e. The number of halogens is 2. The van der Waals surface area contributed by atoms with Crippen LogP contribution in [0.2, 0.25) is 10.0 Å². The fourth-order valence-electron chi connectivity index (χ4n) is 5.59. The van der Waals surface area contributed by atoms with E-state index in [0.29, 0.717) is 42.4 Å². The zero-order valence-electron chi connectivity index (χ0n) is 20.7. The average molecular weight is 546 g/mol. The van der Waals surface area contributed by atoms with Crippen LogP contribution in [-0.2, 0) is 27.2 Å². The summed E-state index contributed by atoms with van der Waals surface area (Å²) >= 11 is 12.1. The van der Waals surface area contributed by atoms with Crippen molar-refractivity contribution < 1.29 is 19.5 Å². The summed E-state index contributed by atoms with van der Waals surface area (Å²) in [4.78, 5) is 42.5. The number of aliphatic carboxylic acids is 1. The Morgan fingerprint density at radius 1 is 1.05 bits per heavy atom. The number of fused-ring (bicyclic) bond motifs is 1. The van der Waals surface area contributed by atoms with E-state index < -0.39 is 24.5 Å². The maximum absolute atomic E-state index is 13.7. The summed E-state index contributed by atoms with van der Waals surface area (Å²) in [6.45, 7) is 0.968. The zero-order chi connectivity index (χ0) is 26.5. The molecule has 1 unspecified atom stereocenters. The standard InChI is InChI=1S/C28H33Cl2N3O4/c29-22-10-7-19(14-23(22)30)8-11-26(34)24(16-27(35)36)32-13-12-21(9-6-18-4-2-1-3-5-18)33-17-20(31)15-25(33)28(32)37/h1-5,7,10,14,20-21,24-25H,6,8-9,11-13,15-17,31H2,(H,35,36)/t20-,21?,24-,25+/m1/s1. The van der Waals surface area contributed by atoms with E-state index >= 15 is 0 Å². The van der Waals surface area contributed by atoms with Crippen molar-refractivity contribution in [1.82, 2.24) is 9.80 Å². The van der Waals surface area contributed by atoms with E-state index in [1.807, 2.05) is 18.2 Å². The fourth-order valence-corrected chi connectivity index (χ4v) is 5.91. The number of amides is 1. The third-order valence-corrected chi connectivity index (χ3v) is 8.22. The van der Waals surface area contributed by atoms with Crippen LogP contribution in [0.5, 0.6) is 0 Å². The van der Waals surface area contributed by atoms with Crippen molar-refractivity contribution in [2.75, 3.05) is 13.1 Å². The normalized spacial score (nSPS) is 22.9. The smallest absolute Gasteiger partial charge is 0.305 e. The van der Waals surface area contributed by atoms with Gasteiger partial charge in [-0.15, -0.1) is 0 Å². The Bertz CT molecular complexity index is 1130. The molecule has 0 spiro atoms. The number of benzene rings is 2. The zero-order valence-corrected chi connectivity index (χ0v) is 22.2. The lowest BCUT2D eigenvalue weighted by Crippen LogP contribution is -2.51. The van der Waals surface area contributed by atoms with Gasteiger partial charge in [0.05, 0.1) is 22.5 Å². The predicted octanol–water partition coefficient (Wildman–Crippen LogP) is 3.97. The van der Waals surface area contributed by atoms with Crippen LogP contribution in [0.4, 0.5) is 0 Å². The number of carboxylic acid groups (broad SMARTS) is 1. The lowest BCUT2D eigenvalue weighted by Gasteiger charge is -2.31. The van der Waals surface area contributed by atoms with Crippen LogP contribution in [-0.4, -0.2) is 69.8 Å². The number of hydrogen-bond donors (Lipinski definition) is 2.